The van der Waals surface area contributed by atoms with E-state index in [0.717, 1.165) is 0 Å². The number of nitrogens with two attached hydrogens (primary N) is 1. The van der Waals surface area contributed by atoms with Crippen LogP contribution in [0.1, 0.15) is 5.56 Å². The summed E-state index contributed by atoms with van der Waals surface area (Å²) in [5, 5.41) is 10.7. The normalized spacial score (nSPS) is 12.1. The summed E-state index contributed by atoms with van der Waals surface area (Å²) in [6, 6.07) is 4.37. The molecule has 0 aromatic heterocycles. The summed E-state index contributed by atoms with van der Waals surface area (Å²) in [6.07, 6.45) is 0. The predicted molar refractivity (Wildman–Crippen MR) is 65.4 cm³/mol. The lowest BCUT2D eigenvalue weighted by molar-refractivity contribution is -0.385. The molecule has 0 bridgehead atoms. The second-order valence-corrected chi connectivity index (χ2v) is 4.95. The molecule has 7 heteroatoms. The van der Waals surface area contributed by atoms with Gasteiger partial charge in [0.1, 0.15) is 5.75 Å². The van der Waals surface area contributed by atoms with Crippen molar-refractivity contribution in [2.24, 2.45) is 5.73 Å². The van der Waals surface area contributed by atoms with Gasteiger partial charge >= 0.3 is 0 Å². The third kappa shape index (κ3) is 4.12. The van der Waals surface area contributed by atoms with Crippen LogP contribution in [0.2, 0.25) is 0 Å². The van der Waals surface area contributed by atoms with Gasteiger partial charge in [0.15, 0.2) is 0 Å². The van der Waals surface area contributed by atoms with Crippen LogP contribution in [0, 0.1) is 10.1 Å². The Morgan fingerprint density at radius 1 is 1.47 bits per heavy atom. The lowest BCUT2D eigenvalue weighted by atomic mass is 10.2. The largest absolute Gasteiger partial charge is 0.496 e. The zero-order chi connectivity index (χ0) is 12.8. The molecule has 0 spiro atoms. The molecular weight excluding hydrogens is 244 g/mol. The summed E-state index contributed by atoms with van der Waals surface area (Å²) in [5.41, 5.74) is 5.84. The topological polar surface area (TPSA) is 95.5 Å². The predicted octanol–water partition coefficient (Wildman–Crippen LogP) is 0.811. The van der Waals surface area contributed by atoms with Crippen molar-refractivity contribution in [1.82, 2.24) is 0 Å². The van der Waals surface area contributed by atoms with E-state index in [1.54, 1.807) is 6.07 Å². The van der Waals surface area contributed by atoms with Crippen LogP contribution in [0.15, 0.2) is 18.2 Å². The van der Waals surface area contributed by atoms with Crippen LogP contribution in [-0.4, -0.2) is 28.5 Å². The number of hydrogen-bond acceptors (Lipinski definition) is 5. The van der Waals surface area contributed by atoms with Crippen LogP contribution in [0.3, 0.4) is 0 Å². The molecule has 94 valence electrons. The molecule has 0 heterocycles. The summed E-state index contributed by atoms with van der Waals surface area (Å²) in [5.74, 6) is 1.01. The molecule has 0 radical (unpaired) electrons. The minimum absolute atomic E-state index is 0.0656. The first-order chi connectivity index (χ1) is 8.06. The molecule has 1 aromatic rings. The fourth-order valence-electron chi connectivity index (χ4n) is 1.34. The Morgan fingerprint density at radius 2 is 2.18 bits per heavy atom. The second kappa shape index (κ2) is 6.31. The van der Waals surface area contributed by atoms with Crippen molar-refractivity contribution in [3.05, 3.63) is 33.9 Å². The minimum Gasteiger partial charge on any atom is -0.496 e. The van der Waals surface area contributed by atoms with Gasteiger partial charge < -0.3 is 10.5 Å². The summed E-state index contributed by atoms with van der Waals surface area (Å²) in [7, 11) is 0.324. The molecular formula is C10H14N2O4S. The van der Waals surface area contributed by atoms with Gasteiger partial charge in [-0.2, -0.15) is 0 Å². The number of methoxy groups -OCH3 is 1. The number of benzene rings is 1. The van der Waals surface area contributed by atoms with Crippen LogP contribution in [0.4, 0.5) is 5.69 Å². The zero-order valence-corrected chi connectivity index (χ0v) is 10.2. The quantitative estimate of drug-likeness (QED) is 0.601. The summed E-state index contributed by atoms with van der Waals surface area (Å²) in [6.45, 7) is 0.332. The fourth-order valence-corrected chi connectivity index (χ4v) is 2.29. The van der Waals surface area contributed by atoms with E-state index in [4.69, 9.17) is 10.5 Å². The maximum Gasteiger partial charge on any atom is 0.273 e. The van der Waals surface area contributed by atoms with E-state index in [2.05, 4.69) is 0 Å². The van der Waals surface area contributed by atoms with E-state index in [1.165, 1.54) is 19.2 Å². The monoisotopic (exact) mass is 258 g/mol. The highest BCUT2D eigenvalue weighted by molar-refractivity contribution is 7.84. The lowest BCUT2D eigenvalue weighted by Gasteiger charge is -2.05. The molecule has 0 aliphatic heterocycles. The Balaban J connectivity index is 2.94. The Morgan fingerprint density at radius 3 is 2.71 bits per heavy atom. The molecule has 0 amide bonds. The molecule has 1 rings (SSSR count). The smallest absolute Gasteiger partial charge is 0.273 e. The van der Waals surface area contributed by atoms with Gasteiger partial charge in [-0.05, 0) is 11.6 Å². The molecule has 0 aliphatic rings. The molecule has 0 saturated heterocycles. The average Bonchev–Trinajstić information content (AvgIpc) is 2.28. The SMILES string of the molecule is COc1cc(CS(=O)CCN)cc([N+](=O)[O-])c1. The molecule has 0 saturated carbocycles. The second-order valence-electron chi connectivity index (χ2n) is 3.37. The third-order valence-corrected chi connectivity index (χ3v) is 3.42. The van der Waals surface area contributed by atoms with E-state index in [9.17, 15) is 14.3 Å². The van der Waals surface area contributed by atoms with Crippen molar-refractivity contribution in [3.63, 3.8) is 0 Å². The Kier molecular flexibility index (Phi) is 5.05. The van der Waals surface area contributed by atoms with Crippen molar-refractivity contribution in [2.45, 2.75) is 5.75 Å². The minimum atomic E-state index is -1.11. The van der Waals surface area contributed by atoms with Crippen LogP contribution in [-0.2, 0) is 16.6 Å². The van der Waals surface area contributed by atoms with E-state index in [1.807, 2.05) is 0 Å². The highest BCUT2D eigenvalue weighted by Crippen LogP contribution is 2.23. The molecule has 1 aromatic carbocycles. The van der Waals surface area contributed by atoms with Crippen LogP contribution in [0.5, 0.6) is 5.75 Å². The van der Waals surface area contributed by atoms with Gasteiger partial charge in [0.2, 0.25) is 0 Å². The fraction of sp³-hybridized carbons (Fsp3) is 0.400. The van der Waals surface area contributed by atoms with E-state index in [-0.39, 0.29) is 11.4 Å². The van der Waals surface area contributed by atoms with Gasteiger partial charge in [-0.25, -0.2) is 0 Å². The highest BCUT2D eigenvalue weighted by Gasteiger charge is 2.11. The number of nitrogens with zero attached hydrogens (tertiary/aromatic N) is 1. The highest BCUT2D eigenvalue weighted by atomic mass is 32.2. The summed E-state index contributed by atoms with van der Waals surface area (Å²) >= 11 is 0. The summed E-state index contributed by atoms with van der Waals surface area (Å²) in [4.78, 5) is 10.2. The first-order valence-electron chi connectivity index (χ1n) is 4.94. The first kappa shape index (κ1) is 13.6. The van der Waals surface area contributed by atoms with E-state index in [0.29, 0.717) is 23.6 Å². The average molecular weight is 258 g/mol. The molecule has 0 fully saturated rings. The van der Waals surface area contributed by atoms with Gasteiger partial charge in [0, 0.05) is 34.9 Å². The van der Waals surface area contributed by atoms with Crippen molar-refractivity contribution < 1.29 is 13.9 Å². The lowest BCUT2D eigenvalue weighted by Crippen LogP contribution is -2.11. The maximum absolute atomic E-state index is 11.5. The molecule has 2 N–H and O–H groups in total. The van der Waals surface area contributed by atoms with Crippen LogP contribution < -0.4 is 10.5 Å². The van der Waals surface area contributed by atoms with Crippen molar-refractivity contribution in [1.29, 1.82) is 0 Å². The molecule has 0 aliphatic carbocycles. The number of nitro groups is 1. The van der Waals surface area contributed by atoms with Gasteiger partial charge in [-0.15, -0.1) is 0 Å². The number of hydrogen-bond donors (Lipinski definition) is 1. The number of nitro benzene ring substituents is 1. The molecule has 17 heavy (non-hydrogen) atoms. The van der Waals surface area contributed by atoms with Gasteiger partial charge in [-0.3, -0.25) is 14.3 Å². The van der Waals surface area contributed by atoms with Gasteiger partial charge in [-0.1, -0.05) is 0 Å². The Hall–Kier alpha value is -1.47. The molecule has 1 unspecified atom stereocenters. The Bertz CT molecular complexity index is 436. The number of ether oxygens (including phenoxy) is 1. The van der Waals surface area contributed by atoms with Crippen molar-refractivity contribution in [2.75, 3.05) is 19.4 Å². The van der Waals surface area contributed by atoms with Crippen molar-refractivity contribution >= 4 is 16.5 Å². The van der Waals surface area contributed by atoms with E-state index < -0.39 is 15.7 Å². The van der Waals surface area contributed by atoms with Gasteiger partial charge in [0.05, 0.1) is 18.1 Å². The van der Waals surface area contributed by atoms with Gasteiger partial charge in [0.25, 0.3) is 5.69 Å². The van der Waals surface area contributed by atoms with Crippen LogP contribution in [0.25, 0.3) is 0 Å². The number of rotatable bonds is 6. The number of non-ortho nitro benzene ring substituents is 1. The standard InChI is InChI=1S/C10H14N2O4S/c1-16-10-5-8(7-17(15)3-2-11)4-9(6-10)12(13)14/h4-6H,2-3,7,11H2,1H3. The maximum atomic E-state index is 11.5. The van der Waals surface area contributed by atoms with Crippen molar-refractivity contribution in [3.8, 4) is 5.75 Å². The Labute approximate surface area is 101 Å². The van der Waals surface area contributed by atoms with E-state index >= 15 is 0 Å². The first-order valence-corrected chi connectivity index (χ1v) is 6.43. The summed E-state index contributed by atoms with van der Waals surface area (Å²) < 4.78 is 16.5. The zero-order valence-electron chi connectivity index (χ0n) is 9.42. The third-order valence-electron chi connectivity index (χ3n) is 2.07. The molecule has 1 atom stereocenters. The molecule has 6 nitrogen and oxygen atoms in total. The van der Waals surface area contributed by atoms with Crippen LogP contribution >= 0.6 is 0 Å².